The molecule has 0 heterocycles. The standard InChI is InChI=1S/C19H20N.C4H10N.2ClH.Ti/c1-14-17-9-5-4-7-15(17)11-12-18(14)19-10-6-8-16(19)13-20(2)3;1-4(2,3)5;;;/h4-9,11-12H,1,10,13H2,2-3H3;5H,1-3H3;2*1H;/q2*-1;;;+2/p-2. The Hall–Kier alpha value is -0.736. The van der Waals surface area contributed by atoms with Gasteiger partial charge in [0.25, 0.3) is 0 Å². The molecule has 0 fully saturated rings. The van der Waals surface area contributed by atoms with Crippen LogP contribution >= 0.6 is 0 Å². The molecule has 2 nitrogen and oxygen atoms in total. The van der Waals surface area contributed by atoms with Crippen molar-refractivity contribution < 1.29 is 46.5 Å². The molecule has 0 radical (unpaired) electrons. The van der Waals surface area contributed by atoms with Gasteiger partial charge in [-0.15, -0.1) is 28.6 Å². The zero-order valence-corrected chi connectivity index (χ0v) is 20.5. The molecule has 3 rings (SSSR count). The van der Waals surface area contributed by atoms with E-state index in [-0.39, 0.29) is 52.1 Å². The monoisotopic (exact) mass is 452 g/mol. The average Bonchev–Trinajstić information content (AvgIpc) is 2.93. The largest absolute Gasteiger partial charge is 2.00 e. The van der Waals surface area contributed by atoms with Crippen LogP contribution in [-0.4, -0.2) is 31.1 Å². The Labute approximate surface area is 198 Å². The zero-order chi connectivity index (χ0) is 18.6. The van der Waals surface area contributed by atoms with E-state index in [2.05, 4.69) is 74.5 Å². The fourth-order valence-corrected chi connectivity index (χ4v) is 2.94. The van der Waals surface area contributed by atoms with Crippen molar-refractivity contribution in [3.63, 3.8) is 0 Å². The van der Waals surface area contributed by atoms with Gasteiger partial charge in [0.2, 0.25) is 0 Å². The smallest absolute Gasteiger partial charge is 1.00 e. The van der Waals surface area contributed by atoms with Crippen LogP contribution in [0.4, 0.5) is 0 Å². The van der Waals surface area contributed by atoms with Gasteiger partial charge in [-0.1, -0.05) is 68.1 Å². The molecule has 5 heteroatoms. The van der Waals surface area contributed by atoms with E-state index in [9.17, 15) is 0 Å². The number of nitrogens with zero attached hydrogens (tertiary/aromatic N) is 1. The molecule has 28 heavy (non-hydrogen) atoms. The van der Waals surface area contributed by atoms with E-state index in [0.717, 1.165) is 18.5 Å². The predicted molar refractivity (Wildman–Crippen MR) is 112 cm³/mol. The van der Waals surface area contributed by atoms with Crippen LogP contribution in [0.2, 0.25) is 0 Å². The number of hydrogen-bond acceptors (Lipinski definition) is 1. The zero-order valence-electron chi connectivity index (χ0n) is 17.4. The third-order valence-corrected chi connectivity index (χ3v) is 3.88. The van der Waals surface area contributed by atoms with Crippen molar-refractivity contribution in [2.45, 2.75) is 32.7 Å². The van der Waals surface area contributed by atoms with Gasteiger partial charge in [0.05, 0.1) is 0 Å². The third-order valence-electron chi connectivity index (χ3n) is 3.88. The number of rotatable bonds is 3. The molecular formula is C23H30Cl2N2Ti-2. The van der Waals surface area contributed by atoms with Gasteiger partial charge in [-0.2, -0.15) is 12.5 Å². The van der Waals surface area contributed by atoms with Gasteiger partial charge in [0.1, 0.15) is 0 Å². The number of allylic oxidation sites excluding steroid dienone is 2. The van der Waals surface area contributed by atoms with Crippen LogP contribution in [0.5, 0.6) is 0 Å². The number of halogens is 2. The molecule has 1 N–H and O–H groups in total. The molecule has 0 saturated carbocycles. The van der Waals surface area contributed by atoms with Crippen LogP contribution in [0.1, 0.15) is 38.3 Å². The molecule has 2 aromatic carbocycles. The van der Waals surface area contributed by atoms with Crippen LogP contribution in [0.15, 0.2) is 54.1 Å². The Morgan fingerprint density at radius 1 is 1.04 bits per heavy atom. The van der Waals surface area contributed by atoms with Crippen molar-refractivity contribution in [2.75, 3.05) is 20.6 Å². The molecule has 0 spiro atoms. The summed E-state index contributed by atoms with van der Waals surface area (Å²) in [6.07, 6.45) is 5.52. The summed E-state index contributed by atoms with van der Waals surface area (Å²) in [6, 6.07) is 12.9. The van der Waals surface area contributed by atoms with Crippen LogP contribution in [-0.2, 0) is 21.7 Å². The van der Waals surface area contributed by atoms with Crippen LogP contribution < -0.4 is 24.8 Å². The summed E-state index contributed by atoms with van der Waals surface area (Å²) >= 11 is 0. The number of likely N-dealkylation sites (N-methyl/N-ethyl adjacent to an activating group) is 1. The first-order valence-corrected chi connectivity index (χ1v) is 8.79. The summed E-state index contributed by atoms with van der Waals surface area (Å²) in [6.45, 7) is 10.9. The van der Waals surface area contributed by atoms with Gasteiger partial charge < -0.3 is 35.4 Å². The van der Waals surface area contributed by atoms with Crippen molar-refractivity contribution in [2.24, 2.45) is 0 Å². The van der Waals surface area contributed by atoms with Gasteiger partial charge in [-0.05, 0) is 26.1 Å². The molecule has 0 saturated heterocycles. The minimum Gasteiger partial charge on any atom is -1.00 e. The molecule has 0 atom stereocenters. The molecule has 1 aliphatic rings. The van der Waals surface area contributed by atoms with E-state index < -0.39 is 0 Å². The maximum Gasteiger partial charge on any atom is 2.00 e. The second kappa shape index (κ2) is 12.7. The summed E-state index contributed by atoms with van der Waals surface area (Å²) in [5.74, 6) is 0. The Balaban J connectivity index is 0. The second-order valence-electron chi connectivity index (χ2n) is 7.91. The first-order valence-electron chi connectivity index (χ1n) is 8.79. The van der Waals surface area contributed by atoms with Crippen LogP contribution in [0, 0.1) is 6.92 Å². The van der Waals surface area contributed by atoms with E-state index in [0.29, 0.717) is 0 Å². The quantitative estimate of drug-likeness (QED) is 0.480. The number of nitrogens with one attached hydrogen (secondary N) is 1. The van der Waals surface area contributed by atoms with E-state index in [1.807, 2.05) is 20.8 Å². The van der Waals surface area contributed by atoms with Crippen molar-refractivity contribution in [3.05, 3.63) is 77.9 Å². The van der Waals surface area contributed by atoms with Gasteiger partial charge >= 0.3 is 21.7 Å². The number of fused-ring (bicyclic) bond motifs is 1. The summed E-state index contributed by atoms with van der Waals surface area (Å²) in [5, 5.41) is 2.52. The fourth-order valence-electron chi connectivity index (χ4n) is 2.94. The molecule has 152 valence electrons. The van der Waals surface area contributed by atoms with Crippen molar-refractivity contribution >= 4 is 16.3 Å². The second-order valence-corrected chi connectivity index (χ2v) is 7.91. The summed E-state index contributed by atoms with van der Waals surface area (Å²) < 4.78 is 0. The molecular weight excluding hydrogens is 423 g/mol. The first kappa shape index (κ1) is 29.5. The molecule has 0 aliphatic heterocycles. The normalized spacial score (nSPS) is 12.7. The number of hydrogen-bond donors (Lipinski definition) is 0. The van der Waals surface area contributed by atoms with E-state index in [1.165, 1.54) is 27.5 Å². The molecule has 0 unspecified atom stereocenters. The average molecular weight is 453 g/mol. The summed E-state index contributed by atoms with van der Waals surface area (Å²) in [4.78, 5) is 2.22. The Bertz CT molecular complexity index is 800. The maximum absolute atomic E-state index is 6.94. The Kier molecular flexibility index (Phi) is 13.4. The van der Waals surface area contributed by atoms with Crippen molar-refractivity contribution in [1.29, 1.82) is 0 Å². The first-order chi connectivity index (χ1) is 11.7. The maximum atomic E-state index is 6.94. The van der Waals surface area contributed by atoms with Crippen LogP contribution in [0.3, 0.4) is 0 Å². The Morgan fingerprint density at radius 2 is 1.61 bits per heavy atom. The van der Waals surface area contributed by atoms with Crippen molar-refractivity contribution in [1.82, 2.24) is 4.90 Å². The molecule has 1 aliphatic carbocycles. The number of benzene rings is 2. The van der Waals surface area contributed by atoms with Gasteiger partial charge in [-0.25, -0.2) is 0 Å². The molecule has 0 aromatic heterocycles. The van der Waals surface area contributed by atoms with Gasteiger partial charge in [0, 0.05) is 6.54 Å². The van der Waals surface area contributed by atoms with Crippen molar-refractivity contribution in [3.8, 4) is 0 Å². The minimum atomic E-state index is -0.250. The third kappa shape index (κ3) is 8.74. The molecule has 0 amide bonds. The topological polar surface area (TPSA) is 27.0 Å². The van der Waals surface area contributed by atoms with Crippen LogP contribution in [0.25, 0.3) is 22.1 Å². The van der Waals surface area contributed by atoms with E-state index >= 15 is 0 Å². The summed E-state index contributed by atoms with van der Waals surface area (Å²) in [7, 11) is 4.23. The summed E-state index contributed by atoms with van der Waals surface area (Å²) in [5.41, 5.74) is 12.0. The fraction of sp³-hybridized carbons (Fsp3) is 0.348. The molecule has 0 bridgehead atoms. The van der Waals surface area contributed by atoms with E-state index in [1.54, 1.807) is 0 Å². The van der Waals surface area contributed by atoms with E-state index in [4.69, 9.17) is 5.73 Å². The Morgan fingerprint density at radius 3 is 2.18 bits per heavy atom. The minimum absolute atomic E-state index is 0. The predicted octanol–water partition coefficient (Wildman–Crippen LogP) is 0.140. The van der Waals surface area contributed by atoms with Gasteiger partial charge in [0.15, 0.2) is 0 Å². The van der Waals surface area contributed by atoms with Gasteiger partial charge in [-0.3, -0.25) is 0 Å². The SMILES string of the molecule is CC(C)(C)[NH-].[CH2-]c1c(C2=C(CN(C)C)C=CC2)ccc2ccccc12.[Cl-].[Cl-].[Ti+2]. The molecule has 2 aromatic rings.